The smallest absolute Gasteiger partial charge is 0.422 e. The van der Waals surface area contributed by atoms with E-state index in [1.165, 1.54) is 0 Å². The van der Waals surface area contributed by atoms with Gasteiger partial charge < -0.3 is 4.74 Å². The second kappa shape index (κ2) is 7.10. The van der Waals surface area contributed by atoms with Crippen LogP contribution in [0.25, 0.3) is 0 Å². The van der Waals surface area contributed by atoms with Crippen LogP contribution in [0.3, 0.4) is 0 Å². The monoisotopic (exact) mass is 286 g/mol. The molecule has 1 rings (SSSR count). The highest BCUT2D eigenvalue weighted by Crippen LogP contribution is 2.00. The first-order valence-electron chi connectivity index (χ1n) is 5.93. The molecule has 0 heterocycles. The second-order valence-electron chi connectivity index (χ2n) is 4.09. The molecular weight excluding hydrogens is 268 g/mol. The maximum atomic E-state index is 11.5. The molecule has 19 heavy (non-hydrogen) atoms. The first-order chi connectivity index (χ1) is 8.93. The highest BCUT2D eigenvalue weighted by atomic mass is 32.2. The molecule has 0 aromatic heterocycles. The zero-order chi connectivity index (χ0) is 14.3. The van der Waals surface area contributed by atoms with Crippen LogP contribution in [0.1, 0.15) is 25.8 Å². The zero-order valence-corrected chi connectivity index (χ0v) is 11.7. The summed E-state index contributed by atoms with van der Waals surface area (Å²) < 4.78 is 31.9. The minimum absolute atomic E-state index is 0.0194. The van der Waals surface area contributed by atoms with Crippen molar-refractivity contribution in [1.82, 2.24) is 9.44 Å². The fourth-order valence-corrected chi connectivity index (χ4v) is 2.27. The normalized spacial score (nSPS) is 12.7. The van der Waals surface area contributed by atoms with E-state index in [-0.39, 0.29) is 12.6 Å². The number of carbonyl (C=O) groups is 1. The van der Waals surface area contributed by atoms with Crippen molar-refractivity contribution in [2.24, 2.45) is 0 Å². The molecule has 0 aliphatic carbocycles. The molecule has 6 nitrogen and oxygen atoms in total. The maximum absolute atomic E-state index is 11.5. The van der Waals surface area contributed by atoms with Crippen molar-refractivity contribution in [2.75, 3.05) is 0 Å². The average molecular weight is 286 g/mol. The minimum Gasteiger partial charge on any atom is -0.444 e. The van der Waals surface area contributed by atoms with Crippen molar-refractivity contribution in [1.29, 1.82) is 0 Å². The van der Waals surface area contributed by atoms with Gasteiger partial charge in [0.2, 0.25) is 0 Å². The van der Waals surface area contributed by atoms with Crippen LogP contribution in [0.2, 0.25) is 0 Å². The molecule has 1 unspecified atom stereocenters. The van der Waals surface area contributed by atoms with E-state index in [0.29, 0.717) is 6.42 Å². The molecular formula is C12H18N2O4S. The first-order valence-corrected chi connectivity index (χ1v) is 7.42. The predicted molar refractivity (Wildman–Crippen MR) is 71.6 cm³/mol. The highest BCUT2D eigenvalue weighted by Gasteiger charge is 2.17. The largest absolute Gasteiger partial charge is 0.444 e. The van der Waals surface area contributed by atoms with E-state index in [1.807, 2.05) is 13.0 Å². The van der Waals surface area contributed by atoms with E-state index < -0.39 is 16.3 Å². The summed E-state index contributed by atoms with van der Waals surface area (Å²) >= 11 is 0. The molecule has 1 amide bonds. The van der Waals surface area contributed by atoms with Crippen LogP contribution < -0.4 is 9.44 Å². The number of rotatable bonds is 6. The van der Waals surface area contributed by atoms with Crippen LogP contribution in [0.15, 0.2) is 30.3 Å². The lowest BCUT2D eigenvalue weighted by molar-refractivity contribution is 0.146. The lowest BCUT2D eigenvalue weighted by atomic mass is 10.2. The van der Waals surface area contributed by atoms with Crippen molar-refractivity contribution >= 4 is 16.3 Å². The standard InChI is InChI=1S/C12H18N2O4S/c1-3-10(2)13-19(16,17)14-12(15)18-9-11-7-5-4-6-8-11/h4-8,10,13H,3,9H2,1-2H3,(H,14,15). The number of hydrogen-bond acceptors (Lipinski definition) is 4. The summed E-state index contributed by atoms with van der Waals surface area (Å²) in [6.07, 6.45) is -0.375. The van der Waals surface area contributed by atoms with Crippen LogP contribution in [-0.4, -0.2) is 20.6 Å². The molecule has 0 fully saturated rings. The number of ether oxygens (including phenoxy) is 1. The van der Waals surface area contributed by atoms with Crippen LogP contribution in [0.5, 0.6) is 0 Å². The molecule has 2 N–H and O–H groups in total. The van der Waals surface area contributed by atoms with Crippen LogP contribution in [-0.2, 0) is 21.6 Å². The summed E-state index contributed by atoms with van der Waals surface area (Å²) in [5.74, 6) is 0. The van der Waals surface area contributed by atoms with E-state index in [0.717, 1.165) is 5.56 Å². The van der Waals surface area contributed by atoms with Gasteiger partial charge in [0.1, 0.15) is 6.61 Å². The molecule has 106 valence electrons. The van der Waals surface area contributed by atoms with Gasteiger partial charge in [0.15, 0.2) is 0 Å². The summed E-state index contributed by atoms with van der Waals surface area (Å²) in [6, 6.07) is 8.75. The van der Waals surface area contributed by atoms with Gasteiger partial charge in [0, 0.05) is 6.04 Å². The molecule has 1 atom stereocenters. The summed E-state index contributed by atoms with van der Waals surface area (Å²) in [5.41, 5.74) is 0.782. The Balaban J connectivity index is 2.43. The third-order valence-corrected chi connectivity index (χ3v) is 3.55. The van der Waals surface area contributed by atoms with E-state index in [2.05, 4.69) is 4.72 Å². The van der Waals surface area contributed by atoms with Gasteiger partial charge in [-0.05, 0) is 18.9 Å². The number of carbonyl (C=O) groups excluding carboxylic acids is 1. The Morgan fingerprint density at radius 3 is 2.53 bits per heavy atom. The average Bonchev–Trinajstić information content (AvgIpc) is 2.36. The Hall–Kier alpha value is -1.60. The van der Waals surface area contributed by atoms with Crippen LogP contribution >= 0.6 is 0 Å². The van der Waals surface area contributed by atoms with Gasteiger partial charge in [-0.2, -0.15) is 13.1 Å². The molecule has 0 radical (unpaired) electrons. The maximum Gasteiger partial charge on any atom is 0.422 e. The topological polar surface area (TPSA) is 84.5 Å². The van der Waals surface area contributed by atoms with E-state index in [4.69, 9.17) is 4.74 Å². The van der Waals surface area contributed by atoms with Gasteiger partial charge in [-0.1, -0.05) is 37.3 Å². The van der Waals surface area contributed by atoms with E-state index in [9.17, 15) is 13.2 Å². The van der Waals surface area contributed by atoms with Crippen molar-refractivity contribution in [3.63, 3.8) is 0 Å². The molecule has 0 spiro atoms. The molecule has 7 heteroatoms. The zero-order valence-electron chi connectivity index (χ0n) is 10.9. The molecule has 0 aliphatic rings. The van der Waals surface area contributed by atoms with Crippen molar-refractivity contribution in [3.05, 3.63) is 35.9 Å². The highest BCUT2D eigenvalue weighted by molar-refractivity contribution is 7.88. The summed E-state index contributed by atoms with van der Waals surface area (Å²) in [5, 5.41) is 0. The third-order valence-electron chi connectivity index (χ3n) is 2.40. The van der Waals surface area contributed by atoms with Crippen LogP contribution in [0, 0.1) is 0 Å². The summed E-state index contributed by atoms with van der Waals surface area (Å²) in [7, 11) is -3.87. The predicted octanol–water partition coefficient (Wildman–Crippen LogP) is 1.55. The lowest BCUT2D eigenvalue weighted by Gasteiger charge is -2.12. The lowest BCUT2D eigenvalue weighted by Crippen LogP contribution is -2.44. The van der Waals surface area contributed by atoms with Crippen molar-refractivity contribution in [2.45, 2.75) is 32.9 Å². The Morgan fingerprint density at radius 2 is 1.95 bits per heavy atom. The third kappa shape index (κ3) is 6.21. The SMILES string of the molecule is CCC(C)NS(=O)(=O)NC(=O)OCc1ccccc1. The van der Waals surface area contributed by atoms with Gasteiger partial charge in [0.05, 0.1) is 0 Å². The van der Waals surface area contributed by atoms with Gasteiger partial charge in [0.25, 0.3) is 0 Å². The van der Waals surface area contributed by atoms with Crippen LogP contribution in [0.4, 0.5) is 4.79 Å². The van der Waals surface area contributed by atoms with Gasteiger partial charge in [-0.15, -0.1) is 0 Å². The number of hydrogen-bond donors (Lipinski definition) is 2. The molecule has 0 saturated heterocycles. The van der Waals surface area contributed by atoms with Gasteiger partial charge in [-0.3, -0.25) is 0 Å². The Morgan fingerprint density at radius 1 is 1.32 bits per heavy atom. The molecule has 1 aromatic carbocycles. The van der Waals surface area contributed by atoms with Gasteiger partial charge in [-0.25, -0.2) is 9.52 Å². The summed E-state index contributed by atoms with van der Waals surface area (Å²) in [4.78, 5) is 11.3. The van der Waals surface area contributed by atoms with E-state index in [1.54, 1.807) is 35.9 Å². The van der Waals surface area contributed by atoms with Crippen molar-refractivity contribution in [3.8, 4) is 0 Å². The molecule has 1 aromatic rings. The molecule has 0 saturated carbocycles. The van der Waals surface area contributed by atoms with E-state index >= 15 is 0 Å². The Labute approximate surface area is 113 Å². The van der Waals surface area contributed by atoms with Crippen molar-refractivity contribution < 1.29 is 17.9 Å². The fraction of sp³-hybridized carbons (Fsp3) is 0.417. The fourth-order valence-electron chi connectivity index (χ4n) is 1.24. The molecule has 0 aliphatic heterocycles. The Kier molecular flexibility index (Phi) is 5.78. The number of amides is 1. The second-order valence-corrected chi connectivity index (χ2v) is 5.54. The first kappa shape index (κ1) is 15.5. The number of benzene rings is 1. The minimum atomic E-state index is -3.87. The summed E-state index contributed by atoms with van der Waals surface area (Å²) in [6.45, 7) is 3.56. The quantitative estimate of drug-likeness (QED) is 0.831. The Bertz CT molecular complexity index is 502. The molecule has 0 bridgehead atoms. The van der Waals surface area contributed by atoms with Gasteiger partial charge >= 0.3 is 16.3 Å². The number of nitrogens with one attached hydrogen (secondary N) is 2.